The van der Waals surface area contributed by atoms with Crippen LogP contribution >= 0.6 is 0 Å². The lowest BCUT2D eigenvalue weighted by Gasteiger charge is -2.19. The Hall–Kier alpha value is -2.38. The Labute approximate surface area is 133 Å². The molecule has 1 aliphatic carbocycles. The maximum Gasteiger partial charge on any atom is 0.404 e. The highest BCUT2D eigenvalue weighted by Crippen LogP contribution is 2.28. The summed E-state index contributed by atoms with van der Waals surface area (Å²) in [4.78, 5) is 33.9. The van der Waals surface area contributed by atoms with Crippen LogP contribution in [-0.4, -0.2) is 34.2 Å². The van der Waals surface area contributed by atoms with Crippen LogP contribution in [-0.2, 0) is 33.8 Å². The van der Waals surface area contributed by atoms with Crippen molar-refractivity contribution < 1.29 is 23.9 Å². The molecule has 0 spiro atoms. The Morgan fingerprint density at radius 1 is 1.35 bits per heavy atom. The summed E-state index contributed by atoms with van der Waals surface area (Å²) in [5, 5.41) is 4.39. The molecular weight excluding hydrogens is 302 g/mol. The minimum atomic E-state index is -0.903. The number of ether oxygens (including phenoxy) is 2. The van der Waals surface area contributed by atoms with Crippen molar-refractivity contribution in [3.63, 3.8) is 0 Å². The van der Waals surface area contributed by atoms with Gasteiger partial charge in [0.05, 0.1) is 12.2 Å². The Morgan fingerprint density at radius 3 is 2.74 bits per heavy atom. The first-order valence-electron chi connectivity index (χ1n) is 7.55. The molecule has 0 fully saturated rings. The normalized spacial score (nSPS) is 16.8. The number of aromatic nitrogens is 2. The summed E-state index contributed by atoms with van der Waals surface area (Å²) in [7, 11) is 0. The topological polar surface area (TPSA) is 114 Å². The highest BCUT2D eigenvalue weighted by Gasteiger charge is 2.30. The summed E-state index contributed by atoms with van der Waals surface area (Å²) in [5.74, 6) is -0.0799. The summed E-state index contributed by atoms with van der Waals surface area (Å²) in [5.41, 5.74) is 6.80. The van der Waals surface area contributed by atoms with E-state index < -0.39 is 6.09 Å². The van der Waals surface area contributed by atoms with Gasteiger partial charge < -0.3 is 15.2 Å². The molecule has 1 aromatic rings. The first-order valence-corrected chi connectivity index (χ1v) is 7.55. The molecule has 0 unspecified atom stereocenters. The molecule has 2 rings (SSSR count). The molecule has 0 saturated carbocycles. The monoisotopic (exact) mass is 323 g/mol. The molecule has 2 N–H and O–H groups in total. The lowest BCUT2D eigenvalue weighted by Crippen LogP contribution is -2.21. The van der Waals surface area contributed by atoms with Gasteiger partial charge in [-0.2, -0.15) is 5.10 Å². The van der Waals surface area contributed by atoms with Crippen LogP contribution in [0.3, 0.4) is 0 Å². The summed E-state index contributed by atoms with van der Waals surface area (Å²) in [6.07, 6.45) is 0.875. The summed E-state index contributed by atoms with van der Waals surface area (Å²) in [6.45, 7) is 4.06. The van der Waals surface area contributed by atoms with Crippen LogP contribution in [0.4, 0.5) is 4.79 Å². The van der Waals surface area contributed by atoms with Crippen molar-refractivity contribution in [2.24, 2.45) is 11.7 Å². The van der Waals surface area contributed by atoms with E-state index in [0.29, 0.717) is 37.3 Å². The predicted molar refractivity (Wildman–Crippen MR) is 79.7 cm³/mol. The minimum absolute atomic E-state index is 0.00746. The number of rotatable bonds is 6. The average Bonchev–Trinajstić information content (AvgIpc) is 2.79. The fourth-order valence-corrected chi connectivity index (χ4v) is 2.76. The average molecular weight is 323 g/mol. The summed E-state index contributed by atoms with van der Waals surface area (Å²) in [6, 6.07) is 0. The van der Waals surface area contributed by atoms with E-state index in [1.54, 1.807) is 4.68 Å². The highest BCUT2D eigenvalue weighted by atomic mass is 16.5. The minimum Gasteiger partial charge on any atom is -0.466 e. The number of carbonyl (C=O) groups excluding carboxylic acids is 3. The Morgan fingerprint density at radius 2 is 2.09 bits per heavy atom. The number of fused-ring (bicyclic) bond motifs is 1. The highest BCUT2D eigenvalue weighted by molar-refractivity contribution is 5.99. The fraction of sp³-hybridized carbons (Fsp3) is 0.600. The van der Waals surface area contributed by atoms with E-state index in [1.807, 2.05) is 6.92 Å². The lowest BCUT2D eigenvalue weighted by molar-refractivity contribution is -0.141. The third-order valence-corrected chi connectivity index (χ3v) is 3.66. The number of carbonyl (C=O) groups is 3. The first kappa shape index (κ1) is 17.0. The van der Waals surface area contributed by atoms with Crippen molar-refractivity contribution in [3.05, 3.63) is 17.0 Å². The van der Waals surface area contributed by atoms with E-state index in [4.69, 9.17) is 15.2 Å². The van der Waals surface area contributed by atoms with Crippen molar-refractivity contribution in [2.75, 3.05) is 6.61 Å². The second kappa shape index (κ2) is 7.26. The molecule has 0 aromatic carbocycles. The molecule has 1 amide bonds. The van der Waals surface area contributed by atoms with Gasteiger partial charge in [-0.05, 0) is 12.3 Å². The summed E-state index contributed by atoms with van der Waals surface area (Å²) >= 11 is 0. The van der Waals surface area contributed by atoms with Crippen LogP contribution in [0.2, 0.25) is 0 Å². The molecule has 8 heteroatoms. The molecular formula is C15H21N3O5. The zero-order valence-electron chi connectivity index (χ0n) is 13.3. The zero-order valence-corrected chi connectivity index (χ0v) is 13.3. The van der Waals surface area contributed by atoms with E-state index in [-0.39, 0.29) is 24.3 Å². The number of aryl methyl sites for hydroxylation is 1. The van der Waals surface area contributed by atoms with Crippen LogP contribution in [0.1, 0.15) is 48.4 Å². The lowest BCUT2D eigenvalue weighted by atomic mass is 9.87. The van der Waals surface area contributed by atoms with E-state index >= 15 is 0 Å². The number of amides is 1. The molecule has 8 nitrogen and oxygen atoms in total. The molecule has 0 saturated heterocycles. The van der Waals surface area contributed by atoms with Gasteiger partial charge >= 0.3 is 12.1 Å². The third kappa shape index (κ3) is 4.30. The van der Waals surface area contributed by atoms with Crippen LogP contribution in [0.15, 0.2) is 0 Å². The molecule has 1 aromatic heterocycles. The number of Topliss-reactive ketones (excluding diaryl/α,β-unsaturated/α-hetero) is 1. The number of nitrogens with two attached hydrogens (primary N) is 1. The van der Waals surface area contributed by atoms with Crippen molar-refractivity contribution >= 4 is 17.8 Å². The van der Waals surface area contributed by atoms with Crippen LogP contribution in [0.25, 0.3) is 0 Å². The second-order valence-corrected chi connectivity index (χ2v) is 5.73. The maximum absolute atomic E-state index is 12.3. The van der Waals surface area contributed by atoms with Gasteiger partial charge in [-0.1, -0.05) is 6.92 Å². The Kier molecular flexibility index (Phi) is 5.36. The van der Waals surface area contributed by atoms with E-state index in [9.17, 15) is 14.4 Å². The van der Waals surface area contributed by atoms with Gasteiger partial charge in [0.25, 0.3) is 0 Å². The molecule has 0 bridgehead atoms. The summed E-state index contributed by atoms with van der Waals surface area (Å²) < 4.78 is 11.4. The first-order chi connectivity index (χ1) is 10.9. The molecule has 1 heterocycles. The van der Waals surface area contributed by atoms with E-state index in [1.165, 1.54) is 6.92 Å². The molecule has 1 atom stereocenters. The van der Waals surface area contributed by atoms with E-state index in [2.05, 4.69) is 5.10 Å². The van der Waals surface area contributed by atoms with E-state index in [0.717, 1.165) is 12.1 Å². The van der Waals surface area contributed by atoms with Gasteiger partial charge in [-0.15, -0.1) is 0 Å². The zero-order chi connectivity index (χ0) is 17.0. The number of hydrogen-bond acceptors (Lipinski definition) is 6. The number of hydrogen-bond donors (Lipinski definition) is 1. The quantitative estimate of drug-likeness (QED) is 0.621. The third-order valence-electron chi connectivity index (χ3n) is 3.66. The molecule has 0 radical (unpaired) electrons. The van der Waals surface area contributed by atoms with Gasteiger partial charge in [-0.3, -0.25) is 14.3 Å². The van der Waals surface area contributed by atoms with Crippen LogP contribution in [0.5, 0.6) is 0 Å². The standard InChI is InChI=1S/C15H21N3O5/c1-9-6-12-14(13(20)7-9)11(8-23-15(16)21)17-18(12)4-3-5-22-10(2)19/h9H,3-8H2,1-2H3,(H2,16,21)/t9-/m0/s1. The molecule has 23 heavy (non-hydrogen) atoms. The fourth-order valence-electron chi connectivity index (χ4n) is 2.76. The van der Waals surface area contributed by atoms with Crippen molar-refractivity contribution in [1.82, 2.24) is 9.78 Å². The maximum atomic E-state index is 12.3. The predicted octanol–water partition coefficient (Wildman–Crippen LogP) is 1.20. The van der Waals surface area contributed by atoms with Gasteiger partial charge in [0.1, 0.15) is 12.3 Å². The van der Waals surface area contributed by atoms with Crippen LogP contribution in [0, 0.1) is 5.92 Å². The Balaban J connectivity index is 2.17. The molecule has 0 aliphatic heterocycles. The van der Waals surface area contributed by atoms with Gasteiger partial charge in [0.15, 0.2) is 5.78 Å². The van der Waals surface area contributed by atoms with Crippen molar-refractivity contribution in [3.8, 4) is 0 Å². The van der Waals surface area contributed by atoms with Gasteiger partial charge in [-0.25, -0.2) is 4.79 Å². The van der Waals surface area contributed by atoms with Gasteiger partial charge in [0.2, 0.25) is 0 Å². The Bertz CT molecular complexity index is 623. The number of ketones is 1. The second-order valence-electron chi connectivity index (χ2n) is 5.73. The van der Waals surface area contributed by atoms with Crippen molar-refractivity contribution in [1.29, 1.82) is 0 Å². The van der Waals surface area contributed by atoms with Gasteiger partial charge in [0, 0.05) is 32.0 Å². The number of primary amides is 1. The molecule has 126 valence electrons. The SMILES string of the molecule is CC(=O)OCCCn1nc(COC(N)=O)c2c1C[C@H](C)CC2=O. The number of esters is 1. The smallest absolute Gasteiger partial charge is 0.404 e. The van der Waals surface area contributed by atoms with Crippen LogP contribution < -0.4 is 5.73 Å². The van der Waals surface area contributed by atoms with Crippen molar-refractivity contribution in [2.45, 2.75) is 46.3 Å². The number of nitrogens with zero attached hydrogens (tertiary/aromatic N) is 2. The molecule has 1 aliphatic rings. The largest absolute Gasteiger partial charge is 0.466 e.